The molecule has 7 heteroatoms. The van der Waals surface area contributed by atoms with Crippen molar-refractivity contribution in [2.75, 3.05) is 0 Å². The molecule has 0 aliphatic carbocycles. The predicted molar refractivity (Wildman–Crippen MR) is 71.8 cm³/mol. The molecule has 0 saturated carbocycles. The van der Waals surface area contributed by atoms with Gasteiger partial charge >= 0.3 is 11.9 Å². The maximum atomic E-state index is 11.8. The summed E-state index contributed by atoms with van der Waals surface area (Å²) in [4.78, 5) is 35.0. The van der Waals surface area contributed by atoms with Gasteiger partial charge in [0.2, 0.25) is 0 Å². The third kappa shape index (κ3) is 7.31. The Morgan fingerprint density at radius 2 is 1.14 bits per heavy atom. The number of hydrogen-bond donors (Lipinski definition) is 0. The van der Waals surface area contributed by atoms with E-state index in [1.54, 1.807) is 27.7 Å². The van der Waals surface area contributed by atoms with Crippen LogP contribution >= 0.6 is 0 Å². The standard InChI is InChI=1S/C14H24O6.Ti/c1-8(2)18-14(19-9(3)4,20-12(7)17)13(10(5)15)11(6)16;/h8-9,13H,1-7H3;. The predicted octanol–water partition coefficient (Wildman–Crippen LogP) is 1.84. The van der Waals surface area contributed by atoms with Crippen LogP contribution in [0.5, 0.6) is 0 Å². The molecule has 0 atom stereocenters. The van der Waals surface area contributed by atoms with Gasteiger partial charge in [0, 0.05) is 28.6 Å². The van der Waals surface area contributed by atoms with E-state index in [9.17, 15) is 14.4 Å². The Morgan fingerprint density at radius 3 is 1.33 bits per heavy atom. The first-order valence-corrected chi connectivity index (χ1v) is 6.58. The Morgan fingerprint density at radius 1 is 0.810 bits per heavy atom. The van der Waals surface area contributed by atoms with Gasteiger partial charge < -0.3 is 14.2 Å². The number of carbonyl (C=O) groups excluding carboxylic acids is 3. The van der Waals surface area contributed by atoms with E-state index in [0.29, 0.717) is 0 Å². The normalized spacial score (nSPS) is 11.5. The molecule has 0 saturated heterocycles. The minimum absolute atomic E-state index is 0. The van der Waals surface area contributed by atoms with Crippen molar-refractivity contribution < 1.29 is 50.3 Å². The van der Waals surface area contributed by atoms with E-state index in [1.807, 2.05) is 0 Å². The summed E-state index contributed by atoms with van der Waals surface area (Å²) in [6.45, 7) is 10.4. The molecule has 21 heavy (non-hydrogen) atoms. The number of hydrogen-bond acceptors (Lipinski definition) is 6. The topological polar surface area (TPSA) is 78.9 Å². The van der Waals surface area contributed by atoms with Gasteiger partial charge in [0.1, 0.15) is 11.6 Å². The maximum absolute atomic E-state index is 11.8. The molecule has 0 radical (unpaired) electrons. The molecule has 0 N–H and O–H groups in total. The molecule has 0 bridgehead atoms. The average molecular weight is 336 g/mol. The molecule has 0 amide bonds. The first-order valence-electron chi connectivity index (χ1n) is 6.58. The van der Waals surface area contributed by atoms with Gasteiger partial charge in [-0.05, 0) is 41.5 Å². The minimum Gasteiger partial charge on any atom is -0.407 e. The van der Waals surface area contributed by atoms with Crippen LogP contribution in [-0.2, 0) is 50.3 Å². The van der Waals surface area contributed by atoms with Crippen molar-refractivity contribution in [3.05, 3.63) is 0 Å². The van der Waals surface area contributed by atoms with Gasteiger partial charge in [0.15, 0.2) is 5.92 Å². The van der Waals surface area contributed by atoms with Crippen molar-refractivity contribution in [3.63, 3.8) is 0 Å². The largest absolute Gasteiger partial charge is 0.407 e. The second-order valence-electron chi connectivity index (χ2n) is 5.18. The molecule has 0 aromatic rings. The van der Waals surface area contributed by atoms with Crippen LogP contribution in [0.4, 0.5) is 0 Å². The first kappa shape index (κ1) is 22.7. The fourth-order valence-corrected chi connectivity index (χ4v) is 1.91. The Bertz CT molecular complexity index is 354. The summed E-state index contributed by atoms with van der Waals surface area (Å²) in [5.41, 5.74) is 0. The van der Waals surface area contributed by atoms with E-state index in [-0.39, 0.29) is 21.7 Å². The van der Waals surface area contributed by atoms with Crippen LogP contribution in [-0.4, -0.2) is 35.7 Å². The van der Waals surface area contributed by atoms with Crippen LogP contribution in [0, 0.1) is 5.92 Å². The van der Waals surface area contributed by atoms with E-state index >= 15 is 0 Å². The van der Waals surface area contributed by atoms with Crippen LogP contribution in [0.1, 0.15) is 48.5 Å². The zero-order valence-electron chi connectivity index (χ0n) is 13.7. The molecular weight excluding hydrogens is 312 g/mol. The molecule has 0 heterocycles. The summed E-state index contributed by atoms with van der Waals surface area (Å²) in [6.07, 6.45) is -0.816. The van der Waals surface area contributed by atoms with Crippen molar-refractivity contribution in [2.45, 2.75) is 66.6 Å². The van der Waals surface area contributed by atoms with Crippen LogP contribution in [0.3, 0.4) is 0 Å². The summed E-state index contributed by atoms with van der Waals surface area (Å²) in [5.74, 6) is -5.01. The van der Waals surface area contributed by atoms with Crippen molar-refractivity contribution in [1.29, 1.82) is 0 Å². The molecule has 0 aromatic carbocycles. The van der Waals surface area contributed by atoms with Gasteiger partial charge in [-0.25, -0.2) is 0 Å². The van der Waals surface area contributed by atoms with Crippen molar-refractivity contribution in [3.8, 4) is 0 Å². The molecule has 0 fully saturated rings. The van der Waals surface area contributed by atoms with E-state index in [4.69, 9.17) is 14.2 Å². The Hall–Kier alpha value is -0.556. The quantitative estimate of drug-likeness (QED) is 0.291. The molecule has 120 valence electrons. The van der Waals surface area contributed by atoms with E-state index < -0.39 is 41.6 Å². The van der Waals surface area contributed by atoms with Gasteiger partial charge in [-0.1, -0.05) is 0 Å². The smallest absolute Gasteiger partial charge is 0.347 e. The SMILES string of the molecule is CC(=O)OC(OC(C)C)(OC(C)C)C(C(C)=O)C(C)=O.[Ti]. The van der Waals surface area contributed by atoms with Gasteiger partial charge in [0.25, 0.3) is 0 Å². The Balaban J connectivity index is 0. The van der Waals surface area contributed by atoms with Crippen molar-refractivity contribution in [2.24, 2.45) is 5.92 Å². The van der Waals surface area contributed by atoms with Crippen LogP contribution in [0.15, 0.2) is 0 Å². The number of ether oxygens (including phenoxy) is 3. The van der Waals surface area contributed by atoms with E-state index in [0.717, 1.165) is 0 Å². The zero-order chi connectivity index (χ0) is 16.1. The second-order valence-corrected chi connectivity index (χ2v) is 5.18. The Labute approximate surface area is 140 Å². The molecule has 0 aliphatic heterocycles. The van der Waals surface area contributed by atoms with Gasteiger partial charge in [0.05, 0.1) is 12.2 Å². The molecule has 0 spiro atoms. The third-order valence-electron chi connectivity index (χ3n) is 2.25. The number of ketones is 2. The number of rotatable bonds is 8. The average Bonchev–Trinajstić information content (AvgIpc) is 2.10. The minimum atomic E-state index is -2.02. The monoisotopic (exact) mass is 336 g/mol. The molecule has 0 rings (SSSR count). The number of esters is 1. The van der Waals surface area contributed by atoms with Crippen LogP contribution in [0.25, 0.3) is 0 Å². The second kappa shape index (κ2) is 9.46. The van der Waals surface area contributed by atoms with Crippen molar-refractivity contribution >= 4 is 17.5 Å². The van der Waals surface area contributed by atoms with Crippen LogP contribution < -0.4 is 0 Å². The van der Waals surface area contributed by atoms with E-state index in [2.05, 4.69) is 0 Å². The van der Waals surface area contributed by atoms with Gasteiger partial charge in [-0.2, -0.15) is 0 Å². The van der Waals surface area contributed by atoms with Crippen molar-refractivity contribution in [1.82, 2.24) is 0 Å². The fraction of sp³-hybridized carbons (Fsp3) is 0.786. The summed E-state index contributed by atoms with van der Waals surface area (Å²) < 4.78 is 16.2. The molecule has 6 nitrogen and oxygen atoms in total. The number of carbonyl (C=O) groups is 3. The number of Topliss-reactive ketones (excluding diaryl/α,β-unsaturated/α-hetero) is 2. The van der Waals surface area contributed by atoms with Crippen LogP contribution in [0.2, 0.25) is 0 Å². The molecule has 0 aromatic heterocycles. The summed E-state index contributed by atoms with van der Waals surface area (Å²) in [6, 6.07) is 0. The molecular formula is C14H24O6Ti. The fourth-order valence-electron chi connectivity index (χ4n) is 1.91. The maximum Gasteiger partial charge on any atom is 0.347 e. The van der Waals surface area contributed by atoms with Gasteiger partial charge in [-0.3, -0.25) is 14.4 Å². The van der Waals surface area contributed by atoms with Gasteiger partial charge in [-0.15, -0.1) is 0 Å². The Kier molecular flexibility index (Phi) is 10.2. The molecule has 0 aliphatic rings. The summed E-state index contributed by atoms with van der Waals surface area (Å²) in [5, 5.41) is 0. The summed E-state index contributed by atoms with van der Waals surface area (Å²) >= 11 is 0. The molecule has 0 unspecified atom stereocenters. The van der Waals surface area contributed by atoms with E-state index in [1.165, 1.54) is 20.8 Å². The first-order chi connectivity index (χ1) is 9.01. The zero-order valence-corrected chi connectivity index (χ0v) is 15.2. The summed E-state index contributed by atoms with van der Waals surface area (Å²) in [7, 11) is 0. The third-order valence-corrected chi connectivity index (χ3v) is 2.25.